The molecule has 1 aromatic heterocycles. The van der Waals surface area contributed by atoms with Gasteiger partial charge in [0.25, 0.3) is 0 Å². The standard InChI is InChI=1S/C33H32F3N5O3S/c34-24-10-13-27(14-11-24)45(43,44)41-16-4-9-31(41)32(42)15-12-26-22-29(23-5-3-6-25(35)21-23)38-33(37-26)40-19-17-39(18-20-40)30-8-2-1-7-28(30)36/h1-3,5-8,10-11,13-14,21-22,31H,4,9,12,15-20H2/t31-/m0/s1. The minimum Gasteiger partial charge on any atom is -0.366 e. The number of nitrogens with zero attached hydrogens (tertiary/aromatic N) is 5. The zero-order valence-electron chi connectivity index (χ0n) is 24.4. The van der Waals surface area contributed by atoms with Crippen molar-refractivity contribution in [1.82, 2.24) is 14.3 Å². The number of halogens is 3. The van der Waals surface area contributed by atoms with E-state index in [0.717, 1.165) is 12.1 Å². The van der Waals surface area contributed by atoms with Crippen molar-refractivity contribution in [1.29, 1.82) is 0 Å². The van der Waals surface area contributed by atoms with Gasteiger partial charge in [0.1, 0.15) is 17.5 Å². The van der Waals surface area contributed by atoms with E-state index in [4.69, 9.17) is 9.97 Å². The number of para-hydroxylation sites is 1. The van der Waals surface area contributed by atoms with Crippen molar-refractivity contribution in [3.8, 4) is 11.3 Å². The number of Topliss-reactive ketones (excluding diaryl/α,β-unsaturated/α-hetero) is 1. The number of aromatic nitrogens is 2. The van der Waals surface area contributed by atoms with Crippen LogP contribution in [0.1, 0.15) is 25.0 Å². The number of sulfonamides is 1. The Hall–Kier alpha value is -4.29. The monoisotopic (exact) mass is 635 g/mol. The molecule has 3 aromatic carbocycles. The van der Waals surface area contributed by atoms with E-state index < -0.39 is 27.7 Å². The first kappa shape index (κ1) is 30.7. The Morgan fingerprint density at radius 1 is 0.800 bits per heavy atom. The highest BCUT2D eigenvalue weighted by atomic mass is 32.2. The first-order valence-electron chi connectivity index (χ1n) is 14.9. The molecule has 0 N–H and O–H groups in total. The molecule has 0 unspecified atom stereocenters. The molecule has 0 radical (unpaired) electrons. The predicted molar refractivity (Wildman–Crippen MR) is 165 cm³/mol. The van der Waals surface area contributed by atoms with Crippen molar-refractivity contribution in [2.24, 2.45) is 0 Å². The molecule has 45 heavy (non-hydrogen) atoms. The van der Waals surface area contributed by atoms with Crippen molar-refractivity contribution in [2.75, 3.05) is 42.5 Å². The van der Waals surface area contributed by atoms with E-state index in [1.165, 1.54) is 34.6 Å². The van der Waals surface area contributed by atoms with E-state index >= 15 is 0 Å². The van der Waals surface area contributed by atoms with E-state index in [2.05, 4.69) is 0 Å². The van der Waals surface area contributed by atoms with Crippen molar-refractivity contribution in [2.45, 2.75) is 36.6 Å². The summed E-state index contributed by atoms with van der Waals surface area (Å²) in [5, 5.41) is 0. The third-order valence-electron chi connectivity index (χ3n) is 8.27. The Bertz CT molecular complexity index is 1800. The molecule has 0 spiro atoms. The largest absolute Gasteiger partial charge is 0.366 e. The topological polar surface area (TPSA) is 86.7 Å². The molecule has 4 aromatic rings. The maximum Gasteiger partial charge on any atom is 0.243 e. The van der Waals surface area contributed by atoms with E-state index in [-0.39, 0.29) is 35.9 Å². The van der Waals surface area contributed by atoms with Crippen LogP contribution in [0.5, 0.6) is 0 Å². The zero-order chi connectivity index (χ0) is 31.6. The molecule has 2 aliphatic heterocycles. The van der Waals surface area contributed by atoms with E-state index in [0.29, 0.717) is 67.6 Å². The van der Waals surface area contributed by atoms with Crippen molar-refractivity contribution in [3.63, 3.8) is 0 Å². The summed E-state index contributed by atoms with van der Waals surface area (Å²) in [5.41, 5.74) is 2.16. The molecule has 3 heterocycles. The van der Waals surface area contributed by atoms with Crippen LogP contribution in [-0.2, 0) is 21.2 Å². The van der Waals surface area contributed by atoms with Gasteiger partial charge in [-0.15, -0.1) is 0 Å². The number of rotatable bonds is 9. The first-order valence-corrected chi connectivity index (χ1v) is 16.3. The van der Waals surface area contributed by atoms with Crippen LogP contribution in [-0.4, -0.2) is 67.2 Å². The second-order valence-electron chi connectivity index (χ2n) is 11.2. The Balaban J connectivity index is 1.20. The maximum absolute atomic E-state index is 14.4. The molecule has 0 amide bonds. The third-order valence-corrected chi connectivity index (χ3v) is 10.2. The average Bonchev–Trinajstić information content (AvgIpc) is 3.56. The van der Waals surface area contributed by atoms with Gasteiger partial charge in [0.05, 0.1) is 22.3 Å². The van der Waals surface area contributed by atoms with Crippen LogP contribution >= 0.6 is 0 Å². The number of benzene rings is 3. The molecule has 1 atom stereocenters. The summed E-state index contributed by atoms with van der Waals surface area (Å²) < 4.78 is 69.7. The van der Waals surface area contributed by atoms with Crippen molar-refractivity contribution >= 4 is 27.4 Å². The van der Waals surface area contributed by atoms with E-state index in [1.54, 1.807) is 36.4 Å². The van der Waals surface area contributed by atoms with Gasteiger partial charge in [-0.25, -0.2) is 31.6 Å². The molecule has 12 heteroatoms. The van der Waals surface area contributed by atoms with Gasteiger partial charge in [-0.05, 0) is 73.9 Å². The SMILES string of the molecule is O=C(CCc1cc(-c2cccc(F)c2)nc(N2CCN(c3ccccc3F)CC2)n1)[C@@H]1CCCN1S(=O)(=O)c1ccc(F)cc1. The summed E-state index contributed by atoms with van der Waals surface area (Å²) in [4.78, 5) is 26.8. The lowest BCUT2D eigenvalue weighted by Gasteiger charge is -2.36. The Morgan fingerprint density at radius 2 is 1.53 bits per heavy atom. The first-order chi connectivity index (χ1) is 21.7. The van der Waals surface area contributed by atoms with Crippen LogP contribution in [0.15, 0.2) is 83.8 Å². The molecular formula is C33H32F3N5O3S. The molecule has 234 valence electrons. The summed E-state index contributed by atoms with van der Waals surface area (Å²) in [7, 11) is -3.98. The fourth-order valence-electron chi connectivity index (χ4n) is 5.91. The third kappa shape index (κ3) is 6.71. The molecule has 0 aliphatic carbocycles. The highest BCUT2D eigenvalue weighted by Gasteiger charge is 2.39. The van der Waals surface area contributed by atoms with Gasteiger partial charge in [0.2, 0.25) is 16.0 Å². The van der Waals surface area contributed by atoms with Gasteiger partial charge in [0.15, 0.2) is 5.78 Å². The Labute approximate surface area is 260 Å². The molecule has 8 nitrogen and oxygen atoms in total. The minimum absolute atomic E-state index is 0.0419. The van der Waals surface area contributed by atoms with Gasteiger partial charge in [-0.1, -0.05) is 24.3 Å². The van der Waals surface area contributed by atoms with Crippen LogP contribution in [0, 0.1) is 17.5 Å². The van der Waals surface area contributed by atoms with Crippen molar-refractivity contribution < 1.29 is 26.4 Å². The Kier molecular flexibility index (Phi) is 8.86. The number of carbonyl (C=O) groups excluding carboxylic acids is 1. The second kappa shape index (κ2) is 13.0. The van der Waals surface area contributed by atoms with Crippen LogP contribution < -0.4 is 9.80 Å². The zero-order valence-corrected chi connectivity index (χ0v) is 25.3. The maximum atomic E-state index is 14.4. The van der Waals surface area contributed by atoms with Gasteiger partial charge in [-0.2, -0.15) is 4.31 Å². The average molecular weight is 636 g/mol. The summed E-state index contributed by atoms with van der Waals surface area (Å²) in [6, 6.07) is 18.2. The van der Waals surface area contributed by atoms with Crippen LogP contribution in [0.25, 0.3) is 11.3 Å². The lowest BCUT2D eigenvalue weighted by molar-refractivity contribution is -0.122. The fraction of sp³-hybridized carbons (Fsp3) is 0.303. The lowest BCUT2D eigenvalue weighted by atomic mass is 10.0. The van der Waals surface area contributed by atoms with Gasteiger partial charge >= 0.3 is 0 Å². The van der Waals surface area contributed by atoms with Crippen LogP contribution in [0.4, 0.5) is 24.8 Å². The quantitative estimate of drug-likeness (QED) is 0.249. The van der Waals surface area contributed by atoms with Gasteiger partial charge < -0.3 is 9.80 Å². The molecule has 2 fully saturated rings. The van der Waals surface area contributed by atoms with Gasteiger partial charge in [-0.3, -0.25) is 4.79 Å². The highest BCUT2D eigenvalue weighted by Crippen LogP contribution is 2.29. The summed E-state index contributed by atoms with van der Waals surface area (Å²) in [6.07, 6.45) is 1.21. The molecule has 0 saturated carbocycles. The number of hydrogen-bond acceptors (Lipinski definition) is 7. The number of anilines is 2. The number of ketones is 1. The van der Waals surface area contributed by atoms with Crippen LogP contribution in [0.2, 0.25) is 0 Å². The van der Waals surface area contributed by atoms with Gasteiger partial charge in [0, 0.05) is 50.4 Å². The number of piperazine rings is 1. The van der Waals surface area contributed by atoms with Crippen LogP contribution in [0.3, 0.4) is 0 Å². The minimum atomic E-state index is -3.98. The summed E-state index contributed by atoms with van der Waals surface area (Å²) >= 11 is 0. The highest BCUT2D eigenvalue weighted by molar-refractivity contribution is 7.89. The van der Waals surface area contributed by atoms with Crippen molar-refractivity contribution in [3.05, 3.63) is 102 Å². The molecular weight excluding hydrogens is 603 g/mol. The number of hydrogen-bond donors (Lipinski definition) is 0. The smallest absolute Gasteiger partial charge is 0.243 e. The Morgan fingerprint density at radius 3 is 2.27 bits per heavy atom. The molecule has 6 rings (SSSR count). The lowest BCUT2D eigenvalue weighted by Crippen LogP contribution is -2.47. The molecule has 2 saturated heterocycles. The van der Waals surface area contributed by atoms with E-state index in [9.17, 15) is 26.4 Å². The predicted octanol–water partition coefficient (Wildman–Crippen LogP) is 5.24. The summed E-state index contributed by atoms with van der Waals surface area (Å²) in [5.74, 6) is -1.05. The normalized spacial score (nSPS) is 17.5. The summed E-state index contributed by atoms with van der Waals surface area (Å²) in [6.45, 7) is 2.34. The number of carbonyl (C=O) groups is 1. The van der Waals surface area contributed by atoms with E-state index in [1.807, 2.05) is 9.80 Å². The number of aryl methyl sites for hydroxylation is 1. The second-order valence-corrected chi connectivity index (χ2v) is 13.1. The fourth-order valence-corrected chi connectivity index (χ4v) is 7.59. The molecule has 2 aliphatic rings. The molecule has 0 bridgehead atoms.